The summed E-state index contributed by atoms with van der Waals surface area (Å²) >= 11 is 0. The van der Waals surface area contributed by atoms with Crippen LogP contribution in [0.15, 0.2) is 18.2 Å². The van der Waals surface area contributed by atoms with Crippen molar-refractivity contribution in [1.82, 2.24) is 0 Å². The fraction of sp³-hybridized carbons (Fsp3) is 0.222. The van der Waals surface area contributed by atoms with Crippen molar-refractivity contribution < 1.29 is 18.0 Å². The van der Waals surface area contributed by atoms with E-state index >= 15 is 0 Å². The minimum Gasteiger partial charge on any atom is -0.388 e. The molecule has 0 saturated heterocycles. The maximum atomic E-state index is 12.4. The molecule has 1 rings (SSSR count). The number of amides is 1. The first-order valence-corrected chi connectivity index (χ1v) is 4.07. The lowest BCUT2D eigenvalue weighted by molar-refractivity contribution is -0.137. The van der Waals surface area contributed by atoms with Gasteiger partial charge in [-0.25, -0.2) is 0 Å². The summed E-state index contributed by atoms with van der Waals surface area (Å²) < 4.78 is 37.1. The number of halogens is 3. The van der Waals surface area contributed by atoms with E-state index in [0.717, 1.165) is 12.1 Å². The SMILES string of the molecule is CNc1cc(NC=O)cc(C(F)(F)F)c1. The predicted molar refractivity (Wildman–Crippen MR) is 50.7 cm³/mol. The fourth-order valence-corrected chi connectivity index (χ4v) is 1.09. The number of alkyl halides is 3. The quantitative estimate of drug-likeness (QED) is 0.764. The summed E-state index contributed by atoms with van der Waals surface area (Å²) in [7, 11) is 1.50. The van der Waals surface area contributed by atoms with Crippen LogP contribution in [0.2, 0.25) is 0 Å². The molecule has 0 bridgehead atoms. The molecule has 0 saturated carbocycles. The summed E-state index contributed by atoms with van der Waals surface area (Å²) in [4.78, 5) is 10.1. The molecule has 2 N–H and O–H groups in total. The van der Waals surface area contributed by atoms with Crippen molar-refractivity contribution >= 4 is 17.8 Å². The van der Waals surface area contributed by atoms with Gasteiger partial charge in [0, 0.05) is 18.4 Å². The molecule has 6 heteroatoms. The van der Waals surface area contributed by atoms with Gasteiger partial charge < -0.3 is 10.6 Å². The van der Waals surface area contributed by atoms with E-state index in [0.29, 0.717) is 6.41 Å². The highest BCUT2D eigenvalue weighted by atomic mass is 19.4. The Kier molecular flexibility index (Phi) is 3.18. The van der Waals surface area contributed by atoms with Crippen LogP contribution in [0.3, 0.4) is 0 Å². The molecule has 0 aromatic heterocycles. The summed E-state index contributed by atoms with van der Waals surface area (Å²) in [5.74, 6) is 0. The summed E-state index contributed by atoms with van der Waals surface area (Å²) in [5.41, 5.74) is -0.419. The molecule has 82 valence electrons. The van der Waals surface area contributed by atoms with Crippen molar-refractivity contribution in [3.8, 4) is 0 Å². The maximum absolute atomic E-state index is 12.4. The van der Waals surface area contributed by atoms with Gasteiger partial charge in [0.05, 0.1) is 5.56 Å². The Bertz CT molecular complexity index is 363. The Morgan fingerprint density at radius 1 is 1.20 bits per heavy atom. The number of benzene rings is 1. The number of nitrogens with one attached hydrogen (secondary N) is 2. The highest BCUT2D eigenvalue weighted by molar-refractivity contribution is 5.74. The molecule has 0 aliphatic rings. The van der Waals surface area contributed by atoms with E-state index < -0.39 is 11.7 Å². The number of carbonyl (C=O) groups is 1. The summed E-state index contributed by atoms with van der Waals surface area (Å²) in [6, 6.07) is 3.24. The predicted octanol–water partition coefficient (Wildman–Crippen LogP) is 2.32. The zero-order chi connectivity index (χ0) is 11.5. The Morgan fingerprint density at radius 2 is 1.80 bits per heavy atom. The van der Waals surface area contributed by atoms with Crippen molar-refractivity contribution in [3.05, 3.63) is 23.8 Å². The van der Waals surface area contributed by atoms with Gasteiger partial charge in [-0.2, -0.15) is 13.2 Å². The molecule has 0 spiro atoms. The van der Waals surface area contributed by atoms with Crippen LogP contribution < -0.4 is 10.6 Å². The van der Waals surface area contributed by atoms with Gasteiger partial charge in [0.15, 0.2) is 0 Å². The minimum atomic E-state index is -4.42. The summed E-state index contributed by atoms with van der Waals surface area (Å²) in [6.45, 7) is 0. The summed E-state index contributed by atoms with van der Waals surface area (Å²) in [5, 5.41) is 4.76. The van der Waals surface area contributed by atoms with E-state index in [-0.39, 0.29) is 11.4 Å². The molecular weight excluding hydrogens is 209 g/mol. The van der Waals surface area contributed by atoms with Crippen LogP contribution in [0.4, 0.5) is 24.5 Å². The number of hydrogen-bond acceptors (Lipinski definition) is 2. The van der Waals surface area contributed by atoms with Gasteiger partial charge in [-0.3, -0.25) is 4.79 Å². The monoisotopic (exact) mass is 218 g/mol. The largest absolute Gasteiger partial charge is 0.416 e. The molecule has 1 aromatic rings. The Labute approximate surface area is 84.3 Å². The Hall–Kier alpha value is -1.72. The van der Waals surface area contributed by atoms with E-state index in [1.807, 2.05) is 0 Å². The van der Waals surface area contributed by atoms with Crippen LogP contribution in [0, 0.1) is 0 Å². The molecule has 0 radical (unpaired) electrons. The fourth-order valence-electron chi connectivity index (χ4n) is 1.09. The van der Waals surface area contributed by atoms with Gasteiger partial charge in [-0.1, -0.05) is 0 Å². The first kappa shape index (κ1) is 11.4. The number of carbonyl (C=O) groups excluding carboxylic acids is 1. The van der Waals surface area contributed by atoms with Crippen LogP contribution in [-0.2, 0) is 11.0 Å². The lowest BCUT2D eigenvalue weighted by Crippen LogP contribution is -2.07. The van der Waals surface area contributed by atoms with E-state index in [1.165, 1.54) is 13.1 Å². The number of anilines is 2. The van der Waals surface area contributed by atoms with Crippen molar-refractivity contribution in [2.45, 2.75) is 6.18 Å². The molecule has 0 heterocycles. The van der Waals surface area contributed by atoms with Gasteiger partial charge >= 0.3 is 6.18 Å². The molecule has 1 aromatic carbocycles. The topological polar surface area (TPSA) is 41.1 Å². The Morgan fingerprint density at radius 3 is 2.27 bits per heavy atom. The zero-order valence-corrected chi connectivity index (χ0v) is 7.85. The molecule has 15 heavy (non-hydrogen) atoms. The first-order valence-electron chi connectivity index (χ1n) is 4.07. The average Bonchev–Trinajstić information content (AvgIpc) is 2.16. The summed E-state index contributed by atoms with van der Waals surface area (Å²) in [6.07, 6.45) is -4.10. The third-order valence-corrected chi connectivity index (χ3v) is 1.77. The second-order valence-electron chi connectivity index (χ2n) is 2.81. The zero-order valence-electron chi connectivity index (χ0n) is 7.85. The van der Waals surface area contributed by atoms with Crippen LogP contribution in [0.1, 0.15) is 5.56 Å². The normalized spacial score (nSPS) is 10.9. The lowest BCUT2D eigenvalue weighted by atomic mass is 10.1. The molecule has 0 unspecified atom stereocenters. The lowest BCUT2D eigenvalue weighted by Gasteiger charge is -2.11. The van der Waals surface area contributed by atoms with Crippen LogP contribution >= 0.6 is 0 Å². The van der Waals surface area contributed by atoms with Gasteiger partial charge in [0.2, 0.25) is 6.41 Å². The maximum Gasteiger partial charge on any atom is 0.416 e. The van der Waals surface area contributed by atoms with Crippen LogP contribution in [-0.4, -0.2) is 13.5 Å². The van der Waals surface area contributed by atoms with E-state index in [9.17, 15) is 18.0 Å². The van der Waals surface area contributed by atoms with Crippen molar-refractivity contribution in [3.63, 3.8) is 0 Å². The van der Waals surface area contributed by atoms with Gasteiger partial charge in [-0.15, -0.1) is 0 Å². The van der Waals surface area contributed by atoms with Gasteiger partial charge in [0.25, 0.3) is 0 Å². The minimum absolute atomic E-state index is 0.101. The first-order chi connectivity index (χ1) is 6.97. The van der Waals surface area contributed by atoms with Crippen molar-refractivity contribution in [2.75, 3.05) is 17.7 Å². The Balaban J connectivity index is 3.17. The molecule has 3 nitrogen and oxygen atoms in total. The highest BCUT2D eigenvalue weighted by Crippen LogP contribution is 2.33. The smallest absolute Gasteiger partial charge is 0.388 e. The number of rotatable bonds is 3. The number of hydrogen-bond donors (Lipinski definition) is 2. The molecule has 0 aliphatic heterocycles. The molecule has 0 fully saturated rings. The molecular formula is C9H9F3N2O. The highest BCUT2D eigenvalue weighted by Gasteiger charge is 2.31. The van der Waals surface area contributed by atoms with Gasteiger partial charge in [0.1, 0.15) is 0 Å². The van der Waals surface area contributed by atoms with E-state index in [4.69, 9.17) is 0 Å². The molecule has 0 atom stereocenters. The standard InChI is InChI=1S/C9H9F3N2O/c1-13-7-2-6(9(10,11)12)3-8(4-7)14-5-15/h2-5,13H,1H3,(H,14,15). The second-order valence-corrected chi connectivity index (χ2v) is 2.81. The van der Waals surface area contributed by atoms with Gasteiger partial charge in [-0.05, 0) is 18.2 Å². The van der Waals surface area contributed by atoms with E-state index in [1.54, 1.807) is 0 Å². The van der Waals surface area contributed by atoms with Crippen LogP contribution in [0.5, 0.6) is 0 Å². The third-order valence-electron chi connectivity index (χ3n) is 1.77. The average molecular weight is 218 g/mol. The second kappa shape index (κ2) is 4.20. The van der Waals surface area contributed by atoms with Crippen molar-refractivity contribution in [1.29, 1.82) is 0 Å². The molecule has 0 aliphatic carbocycles. The van der Waals surface area contributed by atoms with Crippen LogP contribution in [0.25, 0.3) is 0 Å². The van der Waals surface area contributed by atoms with E-state index in [2.05, 4.69) is 10.6 Å². The van der Waals surface area contributed by atoms with Crippen molar-refractivity contribution in [2.24, 2.45) is 0 Å². The molecule has 1 amide bonds. The third kappa shape index (κ3) is 2.87.